The predicted molar refractivity (Wildman–Crippen MR) is 135 cm³/mol. The summed E-state index contributed by atoms with van der Waals surface area (Å²) in [6, 6.07) is 14.8. The highest BCUT2D eigenvalue weighted by Gasteiger charge is 2.53. The topological polar surface area (TPSA) is 66.5 Å². The van der Waals surface area contributed by atoms with E-state index in [2.05, 4.69) is 41.6 Å². The van der Waals surface area contributed by atoms with Gasteiger partial charge in [-0.25, -0.2) is 5.43 Å². The Labute approximate surface area is 201 Å². The molecule has 1 aromatic heterocycles. The minimum Gasteiger partial charge on any atom is -0.497 e. The van der Waals surface area contributed by atoms with Gasteiger partial charge in [0.2, 0.25) is 5.91 Å². The number of amides is 1. The maximum atomic E-state index is 12.8. The number of carbonyl (C=O) groups excluding carboxylic acids is 1. The highest BCUT2D eigenvalue weighted by atomic mass is 16.5. The largest absolute Gasteiger partial charge is 0.497 e. The summed E-state index contributed by atoms with van der Waals surface area (Å²) in [5.74, 6) is 2.92. The second-order valence-electron chi connectivity index (χ2n) is 10.6. The van der Waals surface area contributed by atoms with Crippen molar-refractivity contribution in [3.05, 3.63) is 65.4 Å². The highest BCUT2D eigenvalue weighted by molar-refractivity contribution is 5.94. The van der Waals surface area contributed by atoms with Crippen LogP contribution < -0.4 is 10.2 Å². The predicted octanol–water partition coefficient (Wildman–Crippen LogP) is 5.75. The molecule has 3 aromatic rings. The Balaban J connectivity index is 1.17. The summed E-state index contributed by atoms with van der Waals surface area (Å²) in [6.07, 6.45) is 9.15. The summed E-state index contributed by atoms with van der Waals surface area (Å²) in [5, 5.41) is 5.84. The van der Waals surface area contributed by atoms with Gasteiger partial charge >= 0.3 is 0 Å². The zero-order valence-corrected chi connectivity index (χ0v) is 20.1. The molecular weight excluding hydrogens is 422 g/mol. The van der Waals surface area contributed by atoms with Gasteiger partial charge in [0, 0.05) is 28.2 Å². The molecule has 0 bridgehead atoms. The van der Waals surface area contributed by atoms with Crippen molar-refractivity contribution in [3.63, 3.8) is 0 Å². The van der Waals surface area contributed by atoms with Crippen LogP contribution in [0.1, 0.15) is 61.6 Å². The number of nitrogens with one attached hydrogen (secondary N) is 2. The van der Waals surface area contributed by atoms with Crippen molar-refractivity contribution in [1.82, 2.24) is 10.4 Å². The van der Waals surface area contributed by atoms with Gasteiger partial charge in [0.15, 0.2) is 0 Å². The van der Waals surface area contributed by atoms with E-state index in [1.807, 2.05) is 24.4 Å². The fraction of sp³-hybridized carbons (Fsp3) is 0.448. The van der Waals surface area contributed by atoms with E-state index in [9.17, 15) is 4.79 Å². The first-order valence-electron chi connectivity index (χ1n) is 12.6. The molecular formula is C29H33N3O2. The first-order chi connectivity index (χ1) is 16.6. The number of methoxy groups -OCH3 is 1. The molecule has 5 nitrogen and oxygen atoms in total. The lowest BCUT2D eigenvalue weighted by atomic mass is 9.55. The number of hydrogen-bond acceptors (Lipinski definition) is 3. The fourth-order valence-electron chi connectivity index (χ4n) is 7.28. The molecule has 0 saturated heterocycles. The van der Waals surface area contributed by atoms with Gasteiger partial charge in [-0.2, -0.15) is 5.10 Å². The number of ether oxygens (including phenoxy) is 1. The van der Waals surface area contributed by atoms with Crippen molar-refractivity contribution in [2.24, 2.45) is 22.4 Å². The van der Waals surface area contributed by atoms with E-state index in [0.717, 1.165) is 41.5 Å². The van der Waals surface area contributed by atoms with Crippen molar-refractivity contribution < 1.29 is 9.53 Å². The van der Waals surface area contributed by atoms with Gasteiger partial charge in [0.1, 0.15) is 5.75 Å². The van der Waals surface area contributed by atoms with E-state index < -0.39 is 0 Å². The molecule has 2 fully saturated rings. The first kappa shape index (κ1) is 21.5. The number of hydrogen-bond donors (Lipinski definition) is 2. The number of para-hydroxylation sites is 1. The van der Waals surface area contributed by atoms with Crippen LogP contribution in [0.2, 0.25) is 0 Å². The van der Waals surface area contributed by atoms with Crippen molar-refractivity contribution in [2.75, 3.05) is 7.11 Å². The minimum atomic E-state index is -0.0430. The third kappa shape index (κ3) is 3.44. The van der Waals surface area contributed by atoms with Gasteiger partial charge in [-0.05, 0) is 91.2 Å². The lowest BCUT2D eigenvalue weighted by Gasteiger charge is -2.49. The average Bonchev–Trinajstić information content (AvgIpc) is 3.42. The third-order valence-corrected chi connectivity index (χ3v) is 9.02. The summed E-state index contributed by atoms with van der Waals surface area (Å²) >= 11 is 0. The molecule has 3 aliphatic rings. The van der Waals surface area contributed by atoms with Gasteiger partial charge in [0.25, 0.3) is 0 Å². The molecule has 4 unspecified atom stereocenters. The van der Waals surface area contributed by atoms with Crippen LogP contribution in [0.3, 0.4) is 0 Å². The first-order valence-corrected chi connectivity index (χ1v) is 12.6. The van der Waals surface area contributed by atoms with E-state index in [1.54, 1.807) is 7.11 Å². The molecule has 2 aromatic carbocycles. The van der Waals surface area contributed by atoms with Crippen molar-refractivity contribution in [3.8, 4) is 5.75 Å². The summed E-state index contributed by atoms with van der Waals surface area (Å²) in [5.41, 5.74) is 9.29. The fourth-order valence-corrected chi connectivity index (χ4v) is 7.28. The number of nitrogens with zero attached hydrogens (tertiary/aromatic N) is 1. The van der Waals surface area contributed by atoms with Crippen LogP contribution in [0, 0.1) is 17.3 Å². The van der Waals surface area contributed by atoms with Gasteiger partial charge in [0.05, 0.1) is 13.5 Å². The number of benzene rings is 2. The van der Waals surface area contributed by atoms with Crippen LogP contribution in [-0.4, -0.2) is 23.7 Å². The third-order valence-electron chi connectivity index (χ3n) is 9.02. The van der Waals surface area contributed by atoms with E-state index in [-0.39, 0.29) is 11.3 Å². The monoisotopic (exact) mass is 455 g/mol. The summed E-state index contributed by atoms with van der Waals surface area (Å²) in [7, 11) is 1.75. The normalized spacial score (nSPS) is 28.9. The minimum absolute atomic E-state index is 0.0430. The molecule has 2 saturated carbocycles. The average molecular weight is 456 g/mol. The maximum absolute atomic E-state index is 12.8. The molecule has 34 heavy (non-hydrogen) atoms. The molecule has 176 valence electrons. The van der Waals surface area contributed by atoms with Crippen LogP contribution in [-0.2, 0) is 17.6 Å². The molecule has 4 atom stereocenters. The molecule has 5 heteroatoms. The number of hydrazone groups is 1. The SMILES string of the molecule is COc1ccc2c(c1)CCC1C2CCC2(C)/C(=N\NC(=O)Cc3c[nH]c4ccccc34)CCC12. The molecule has 2 N–H and O–H groups in total. The zero-order chi connectivity index (χ0) is 23.3. The Morgan fingerprint density at radius 2 is 2.06 bits per heavy atom. The second-order valence-corrected chi connectivity index (χ2v) is 10.6. The van der Waals surface area contributed by atoms with Crippen molar-refractivity contribution >= 4 is 22.5 Å². The van der Waals surface area contributed by atoms with Crippen LogP contribution in [0.25, 0.3) is 10.9 Å². The molecule has 3 aliphatic carbocycles. The van der Waals surface area contributed by atoms with Gasteiger partial charge in [-0.1, -0.05) is 31.2 Å². The van der Waals surface area contributed by atoms with Crippen LogP contribution >= 0.6 is 0 Å². The van der Waals surface area contributed by atoms with Crippen LogP contribution in [0.5, 0.6) is 5.75 Å². The lowest BCUT2D eigenvalue weighted by Crippen LogP contribution is -2.43. The van der Waals surface area contributed by atoms with Gasteiger partial charge in [-0.15, -0.1) is 0 Å². The van der Waals surface area contributed by atoms with Gasteiger partial charge < -0.3 is 9.72 Å². The smallest absolute Gasteiger partial charge is 0.244 e. The number of fused-ring (bicyclic) bond motifs is 6. The van der Waals surface area contributed by atoms with Gasteiger partial charge in [-0.3, -0.25) is 4.79 Å². The molecule has 0 aliphatic heterocycles. The summed E-state index contributed by atoms with van der Waals surface area (Å²) < 4.78 is 5.46. The van der Waals surface area contributed by atoms with E-state index in [0.29, 0.717) is 24.2 Å². The Morgan fingerprint density at radius 3 is 2.94 bits per heavy atom. The number of H-pyrrole nitrogens is 1. The van der Waals surface area contributed by atoms with Crippen LogP contribution in [0.15, 0.2) is 53.8 Å². The second kappa shape index (κ2) is 8.30. The molecule has 0 radical (unpaired) electrons. The summed E-state index contributed by atoms with van der Waals surface area (Å²) in [4.78, 5) is 16.0. The van der Waals surface area contributed by atoms with Crippen molar-refractivity contribution in [2.45, 2.75) is 57.8 Å². The Kier molecular flexibility index (Phi) is 5.23. The number of aryl methyl sites for hydroxylation is 1. The highest BCUT2D eigenvalue weighted by Crippen LogP contribution is 2.59. The quantitative estimate of drug-likeness (QED) is 0.492. The van der Waals surface area contributed by atoms with Crippen LogP contribution in [0.4, 0.5) is 0 Å². The Hall–Kier alpha value is -3.08. The number of aromatic nitrogens is 1. The molecule has 6 rings (SSSR count). The zero-order valence-electron chi connectivity index (χ0n) is 20.1. The van der Waals surface area contributed by atoms with E-state index in [1.165, 1.54) is 36.1 Å². The standard InChI is InChI=1S/C29H33N3O2/c1-29-14-13-23-21-10-8-20(34-2)15-18(21)7-9-24(23)25(29)11-12-27(29)31-32-28(33)16-19-17-30-26-6-4-3-5-22(19)26/h3-6,8,10,15,17,23-25,30H,7,9,11-14,16H2,1-2H3,(H,32,33)/b31-27-. The number of carbonyl (C=O) groups is 1. The Bertz CT molecular complexity index is 1280. The molecule has 0 spiro atoms. The molecule has 1 amide bonds. The molecule has 1 heterocycles. The van der Waals surface area contributed by atoms with Crippen molar-refractivity contribution in [1.29, 1.82) is 0 Å². The maximum Gasteiger partial charge on any atom is 0.244 e. The number of aromatic amines is 1. The number of rotatable bonds is 4. The Morgan fingerprint density at radius 1 is 1.18 bits per heavy atom. The van der Waals surface area contributed by atoms with E-state index >= 15 is 0 Å². The summed E-state index contributed by atoms with van der Waals surface area (Å²) in [6.45, 7) is 2.40. The lowest BCUT2D eigenvalue weighted by molar-refractivity contribution is -0.120. The van der Waals surface area contributed by atoms with E-state index in [4.69, 9.17) is 9.84 Å².